The molecule has 0 fully saturated rings. The van der Waals surface area contributed by atoms with Crippen molar-refractivity contribution in [2.75, 3.05) is 6.61 Å². The Kier molecular flexibility index (Phi) is 7.60. The molecule has 0 saturated heterocycles. The molecule has 0 aliphatic carbocycles. The van der Waals surface area contributed by atoms with Gasteiger partial charge < -0.3 is 14.9 Å². The maximum atomic E-state index is 12.4. The van der Waals surface area contributed by atoms with E-state index in [9.17, 15) is 15.0 Å². The summed E-state index contributed by atoms with van der Waals surface area (Å²) >= 11 is 0. The highest BCUT2D eigenvalue weighted by Crippen LogP contribution is 2.31. The molecule has 3 atom stereocenters. The number of carbonyl (C=O) groups excluding carboxylic acids is 1. The number of para-hydroxylation sites is 1. The van der Waals surface area contributed by atoms with Gasteiger partial charge in [-0.05, 0) is 30.4 Å². The second-order valence-electron chi connectivity index (χ2n) is 6.66. The summed E-state index contributed by atoms with van der Waals surface area (Å²) < 4.78 is 7.17. The van der Waals surface area contributed by atoms with E-state index in [1.165, 1.54) is 0 Å². The van der Waals surface area contributed by atoms with Crippen molar-refractivity contribution in [1.82, 2.24) is 0 Å². The first-order chi connectivity index (χ1) is 12.5. The van der Waals surface area contributed by atoms with Crippen LogP contribution >= 0.6 is 0 Å². The highest BCUT2D eigenvalue weighted by molar-refractivity contribution is 5.72. The lowest BCUT2D eigenvalue weighted by atomic mass is 9.88. The molecule has 1 heterocycles. The van der Waals surface area contributed by atoms with Crippen LogP contribution in [0.25, 0.3) is 0 Å². The molecule has 26 heavy (non-hydrogen) atoms. The van der Waals surface area contributed by atoms with Crippen LogP contribution in [0.15, 0.2) is 54.9 Å². The second kappa shape index (κ2) is 9.92. The Morgan fingerprint density at radius 3 is 2.50 bits per heavy atom. The summed E-state index contributed by atoms with van der Waals surface area (Å²) in [5, 5.41) is 20.0. The molecule has 1 aromatic carbocycles. The van der Waals surface area contributed by atoms with Crippen molar-refractivity contribution >= 4 is 5.97 Å². The molecule has 3 unspecified atom stereocenters. The predicted octanol–water partition coefficient (Wildman–Crippen LogP) is 2.80. The minimum absolute atomic E-state index is 0.0256. The summed E-state index contributed by atoms with van der Waals surface area (Å²) in [6.07, 6.45) is 4.21. The van der Waals surface area contributed by atoms with Crippen LogP contribution in [0, 0.1) is 5.92 Å². The van der Waals surface area contributed by atoms with Crippen LogP contribution in [0.3, 0.4) is 0 Å². The van der Waals surface area contributed by atoms with Crippen LogP contribution in [-0.4, -0.2) is 28.9 Å². The number of ether oxygens (including phenoxy) is 1. The molecule has 0 amide bonds. The number of pyridine rings is 1. The molecular weight excluding hydrogens is 330 g/mol. The Balaban J connectivity index is 1.85. The van der Waals surface area contributed by atoms with Gasteiger partial charge >= 0.3 is 5.97 Å². The number of esters is 1. The van der Waals surface area contributed by atoms with Gasteiger partial charge in [-0.2, -0.15) is 0 Å². The third kappa shape index (κ3) is 5.85. The van der Waals surface area contributed by atoms with Gasteiger partial charge in [0.05, 0.1) is 5.92 Å². The molecular formula is C21H28NO4+. The van der Waals surface area contributed by atoms with Gasteiger partial charge in [0.1, 0.15) is 18.5 Å². The third-order valence-electron chi connectivity index (χ3n) is 4.55. The van der Waals surface area contributed by atoms with Crippen molar-refractivity contribution < 1.29 is 24.3 Å². The first kappa shape index (κ1) is 19.9. The maximum absolute atomic E-state index is 12.4. The fraction of sp³-hybridized carbons (Fsp3) is 0.429. The Bertz CT molecular complexity index is 689. The lowest BCUT2D eigenvalue weighted by Gasteiger charge is -2.20. The fourth-order valence-corrected chi connectivity index (χ4v) is 3.04. The molecule has 0 saturated carbocycles. The Hall–Kier alpha value is -2.40. The largest absolute Gasteiger partial charge is 0.508 e. The van der Waals surface area contributed by atoms with Crippen LogP contribution in [0.4, 0.5) is 0 Å². The minimum atomic E-state index is -0.751. The number of hydrogen-bond donors (Lipinski definition) is 2. The number of benzene rings is 1. The molecule has 5 heteroatoms. The highest BCUT2D eigenvalue weighted by Gasteiger charge is 2.24. The number of aliphatic hydroxyl groups is 1. The van der Waals surface area contributed by atoms with Gasteiger partial charge in [0, 0.05) is 12.1 Å². The Labute approximate surface area is 154 Å². The van der Waals surface area contributed by atoms with Crippen molar-refractivity contribution in [2.45, 2.75) is 45.3 Å². The van der Waals surface area contributed by atoms with E-state index in [1.54, 1.807) is 12.1 Å². The monoisotopic (exact) mass is 358 g/mol. The average molecular weight is 358 g/mol. The van der Waals surface area contributed by atoms with Crippen LogP contribution in [0.5, 0.6) is 5.75 Å². The van der Waals surface area contributed by atoms with Crippen LogP contribution < -0.4 is 4.57 Å². The molecule has 2 aromatic rings. The molecule has 0 aliphatic heterocycles. The maximum Gasteiger partial charge on any atom is 0.309 e. The van der Waals surface area contributed by atoms with Crippen LogP contribution in [0.2, 0.25) is 0 Å². The smallest absolute Gasteiger partial charge is 0.309 e. The molecule has 5 nitrogen and oxygen atoms in total. The van der Waals surface area contributed by atoms with E-state index in [-0.39, 0.29) is 30.2 Å². The molecule has 0 aliphatic rings. The van der Waals surface area contributed by atoms with E-state index in [2.05, 4.69) is 0 Å². The van der Waals surface area contributed by atoms with E-state index in [0.717, 1.165) is 5.56 Å². The zero-order chi connectivity index (χ0) is 18.9. The van der Waals surface area contributed by atoms with Gasteiger partial charge in [-0.25, -0.2) is 4.57 Å². The first-order valence-electron chi connectivity index (χ1n) is 9.08. The third-order valence-corrected chi connectivity index (χ3v) is 4.55. The normalized spacial score (nSPS) is 14.4. The molecule has 0 bridgehead atoms. The number of aromatic hydroxyl groups is 1. The zero-order valence-corrected chi connectivity index (χ0v) is 15.4. The highest BCUT2D eigenvalue weighted by atomic mass is 16.5. The van der Waals surface area contributed by atoms with Gasteiger partial charge in [0.15, 0.2) is 18.9 Å². The minimum Gasteiger partial charge on any atom is -0.508 e. The van der Waals surface area contributed by atoms with Gasteiger partial charge in [0.2, 0.25) is 0 Å². The fourth-order valence-electron chi connectivity index (χ4n) is 3.04. The van der Waals surface area contributed by atoms with Gasteiger partial charge in [0.25, 0.3) is 0 Å². The van der Waals surface area contributed by atoms with E-state index < -0.39 is 6.10 Å². The number of hydrogen-bond acceptors (Lipinski definition) is 4. The number of aromatic nitrogens is 1. The lowest BCUT2D eigenvalue weighted by Crippen LogP contribution is -2.41. The number of carbonyl (C=O) groups is 1. The molecule has 1 aromatic heterocycles. The molecule has 0 radical (unpaired) electrons. The first-order valence-corrected chi connectivity index (χ1v) is 9.08. The Morgan fingerprint density at radius 2 is 1.85 bits per heavy atom. The molecule has 2 N–H and O–H groups in total. The topological polar surface area (TPSA) is 70.6 Å². The number of rotatable bonds is 9. The Morgan fingerprint density at radius 1 is 1.15 bits per heavy atom. The van der Waals surface area contributed by atoms with Crippen molar-refractivity contribution in [3.05, 3.63) is 60.4 Å². The van der Waals surface area contributed by atoms with Crippen LogP contribution in [0.1, 0.15) is 38.2 Å². The number of phenolic OH excluding ortho intramolecular Hbond substituents is 1. The molecule has 140 valence electrons. The lowest BCUT2D eigenvalue weighted by molar-refractivity contribution is -0.703. The van der Waals surface area contributed by atoms with Gasteiger partial charge in [-0.3, -0.25) is 4.79 Å². The van der Waals surface area contributed by atoms with Gasteiger partial charge in [-0.15, -0.1) is 0 Å². The number of nitrogens with zero attached hydrogens (tertiary/aromatic N) is 1. The van der Waals surface area contributed by atoms with E-state index >= 15 is 0 Å². The van der Waals surface area contributed by atoms with E-state index in [4.69, 9.17) is 4.74 Å². The van der Waals surface area contributed by atoms with Crippen molar-refractivity contribution in [3.8, 4) is 5.75 Å². The van der Waals surface area contributed by atoms with E-state index in [1.807, 2.05) is 61.1 Å². The summed E-state index contributed by atoms with van der Waals surface area (Å²) in [4.78, 5) is 12.4. The summed E-state index contributed by atoms with van der Waals surface area (Å²) in [6.45, 7) is 4.28. The quantitative estimate of drug-likeness (QED) is 0.534. The number of phenols is 1. The molecule has 0 spiro atoms. The van der Waals surface area contributed by atoms with Crippen LogP contribution in [-0.2, 0) is 16.1 Å². The summed E-state index contributed by atoms with van der Waals surface area (Å²) in [5.74, 6) is -0.273. The SMILES string of the molecule is CCC(CC(C)c1ccccc1O)C(=O)OCC(O)C[n+]1ccccc1. The van der Waals surface area contributed by atoms with E-state index in [0.29, 0.717) is 19.4 Å². The second-order valence-corrected chi connectivity index (χ2v) is 6.66. The summed E-state index contributed by atoms with van der Waals surface area (Å²) in [5.41, 5.74) is 0.833. The number of aliphatic hydroxyl groups excluding tert-OH is 1. The average Bonchev–Trinajstić information content (AvgIpc) is 2.65. The summed E-state index contributed by atoms with van der Waals surface area (Å²) in [7, 11) is 0. The van der Waals surface area contributed by atoms with Crippen molar-refractivity contribution in [1.29, 1.82) is 0 Å². The standard InChI is InChI=1S/C21H27NO4/c1-3-17(13-16(2)19-9-5-6-10-20(19)24)21(25)26-15-18(23)14-22-11-7-4-8-12-22/h4-12,16-18,23H,3,13-15H2,1-2H3/p+1. The predicted molar refractivity (Wildman–Crippen MR) is 98.5 cm³/mol. The summed E-state index contributed by atoms with van der Waals surface area (Å²) in [6, 6.07) is 12.9. The zero-order valence-electron chi connectivity index (χ0n) is 15.4. The van der Waals surface area contributed by atoms with Gasteiger partial charge in [-0.1, -0.05) is 38.1 Å². The molecule has 2 rings (SSSR count). The van der Waals surface area contributed by atoms with Crippen molar-refractivity contribution in [3.63, 3.8) is 0 Å². The van der Waals surface area contributed by atoms with Crippen molar-refractivity contribution in [2.24, 2.45) is 5.92 Å².